The smallest absolute Gasteiger partial charge is 0.321 e. The molecule has 1 aromatic heterocycles. The van der Waals surface area contributed by atoms with Gasteiger partial charge in [0.15, 0.2) is 6.61 Å². The zero-order valence-corrected chi connectivity index (χ0v) is 19.4. The second kappa shape index (κ2) is 9.43. The summed E-state index contributed by atoms with van der Waals surface area (Å²) in [5.41, 5.74) is 1.91. The number of nitro groups is 1. The average molecular weight is 482 g/mol. The number of esters is 1. The van der Waals surface area contributed by atoms with Crippen LogP contribution in [-0.2, 0) is 19.6 Å². The van der Waals surface area contributed by atoms with Crippen molar-refractivity contribution in [1.29, 1.82) is 0 Å². The third-order valence-corrected chi connectivity index (χ3v) is 7.31. The number of aryl methyl sites for hydroxylation is 1. The molecular formula is C20H23N3O7S2. The number of ketones is 1. The molecule has 1 aliphatic carbocycles. The maximum absolute atomic E-state index is 12.5. The molecule has 0 aliphatic heterocycles. The second-order valence-corrected chi connectivity index (χ2v) is 10.0. The number of carbonyl (C=O) groups excluding carboxylic acids is 2. The van der Waals surface area contributed by atoms with Crippen LogP contribution in [0.2, 0.25) is 0 Å². The Morgan fingerprint density at radius 2 is 1.97 bits per heavy atom. The van der Waals surface area contributed by atoms with E-state index in [9.17, 15) is 28.1 Å². The van der Waals surface area contributed by atoms with E-state index in [4.69, 9.17) is 4.74 Å². The quantitative estimate of drug-likeness (QED) is 0.180. The molecule has 0 amide bonds. The summed E-state index contributed by atoms with van der Waals surface area (Å²) in [5.74, 6) is -1.31. The molecule has 1 saturated carbocycles. The number of rotatable bonds is 10. The van der Waals surface area contributed by atoms with E-state index in [-0.39, 0.29) is 16.4 Å². The number of benzene rings is 1. The minimum absolute atomic E-state index is 0.313. The lowest BCUT2D eigenvalue weighted by Crippen LogP contribution is -2.31. The number of Topliss-reactive ketones (excluding diaryl/α,β-unsaturated/α-hetero) is 1. The van der Waals surface area contributed by atoms with Crippen molar-refractivity contribution in [3.8, 4) is 0 Å². The third kappa shape index (κ3) is 5.19. The van der Waals surface area contributed by atoms with E-state index in [2.05, 4.69) is 4.57 Å². The molecule has 0 saturated heterocycles. The van der Waals surface area contributed by atoms with Crippen LogP contribution < -0.4 is 4.72 Å². The Labute approximate surface area is 189 Å². The Kier molecular flexibility index (Phi) is 7.06. The van der Waals surface area contributed by atoms with Crippen LogP contribution in [-0.4, -0.2) is 49.1 Å². The lowest BCUT2D eigenvalue weighted by atomic mass is 10.1. The van der Waals surface area contributed by atoms with Gasteiger partial charge in [-0.1, -0.05) is 0 Å². The molecule has 1 aliphatic rings. The molecule has 1 fully saturated rings. The van der Waals surface area contributed by atoms with E-state index in [1.807, 2.05) is 18.6 Å². The van der Waals surface area contributed by atoms with Crippen molar-refractivity contribution >= 4 is 39.2 Å². The Morgan fingerprint density at radius 1 is 1.28 bits per heavy atom. The highest BCUT2D eigenvalue weighted by Gasteiger charge is 2.28. The van der Waals surface area contributed by atoms with Gasteiger partial charge in [0.05, 0.1) is 14.7 Å². The number of nitro benzene ring substituents is 1. The van der Waals surface area contributed by atoms with Crippen molar-refractivity contribution in [1.82, 2.24) is 9.29 Å². The largest absolute Gasteiger partial charge is 0.456 e. The van der Waals surface area contributed by atoms with Crippen LogP contribution in [0.1, 0.15) is 40.6 Å². The minimum atomic E-state index is -4.19. The van der Waals surface area contributed by atoms with Gasteiger partial charge in [0.1, 0.15) is 6.54 Å². The number of aromatic nitrogens is 1. The summed E-state index contributed by atoms with van der Waals surface area (Å²) in [4.78, 5) is 34.9. The highest BCUT2D eigenvalue weighted by Crippen LogP contribution is 2.38. The normalized spacial score (nSPS) is 13.7. The van der Waals surface area contributed by atoms with Crippen LogP contribution in [0.25, 0.3) is 0 Å². The summed E-state index contributed by atoms with van der Waals surface area (Å²) >= 11 is 1.11. The molecule has 32 heavy (non-hydrogen) atoms. The highest BCUT2D eigenvalue weighted by atomic mass is 32.2. The van der Waals surface area contributed by atoms with Crippen LogP contribution in [0.4, 0.5) is 5.69 Å². The van der Waals surface area contributed by atoms with Crippen LogP contribution in [0.5, 0.6) is 0 Å². The zero-order chi connectivity index (χ0) is 23.6. The predicted octanol–water partition coefficient (Wildman–Crippen LogP) is 2.77. The number of sulfonamides is 1. The maximum atomic E-state index is 12.5. The molecule has 3 rings (SSSR count). The lowest BCUT2D eigenvalue weighted by Gasteiger charge is -2.09. The van der Waals surface area contributed by atoms with Gasteiger partial charge in [0.2, 0.25) is 15.8 Å². The summed E-state index contributed by atoms with van der Waals surface area (Å²) in [7, 11) is -4.19. The zero-order valence-electron chi connectivity index (χ0n) is 17.8. The van der Waals surface area contributed by atoms with Crippen LogP contribution in [0, 0.1) is 24.0 Å². The van der Waals surface area contributed by atoms with Gasteiger partial charge in [-0.2, -0.15) is 4.72 Å². The number of nitrogens with zero attached hydrogens (tertiary/aromatic N) is 2. The topological polar surface area (TPSA) is 138 Å². The SMILES string of the molecule is CSc1ccc(S(=O)(=O)NCC(=O)OCC(=O)c2cc(C)n(C3CC3)c2C)cc1[N+](=O)[O-]. The molecule has 1 N–H and O–H groups in total. The fourth-order valence-corrected chi connectivity index (χ4v) is 4.98. The molecule has 0 unspecified atom stereocenters. The molecule has 0 spiro atoms. The molecule has 172 valence electrons. The second-order valence-electron chi connectivity index (χ2n) is 7.39. The summed E-state index contributed by atoms with van der Waals surface area (Å²) in [6.07, 6.45) is 3.78. The first kappa shape index (κ1) is 24.0. The van der Waals surface area contributed by atoms with Crippen LogP contribution in [0.15, 0.2) is 34.1 Å². The first-order valence-electron chi connectivity index (χ1n) is 9.74. The molecule has 0 atom stereocenters. The number of hydrogen-bond donors (Lipinski definition) is 1. The maximum Gasteiger partial charge on any atom is 0.321 e. The molecule has 1 heterocycles. The molecule has 0 radical (unpaired) electrons. The number of ether oxygens (including phenoxy) is 1. The first-order chi connectivity index (χ1) is 15.0. The number of thioether (sulfide) groups is 1. The minimum Gasteiger partial charge on any atom is -0.456 e. The van der Waals surface area contributed by atoms with Crippen molar-refractivity contribution in [2.45, 2.75) is 42.5 Å². The summed E-state index contributed by atoms with van der Waals surface area (Å²) in [5, 5.41) is 11.1. The van der Waals surface area contributed by atoms with E-state index in [0.717, 1.165) is 42.1 Å². The number of hydrogen-bond acceptors (Lipinski definition) is 8. The Bertz CT molecular complexity index is 1180. The fourth-order valence-electron chi connectivity index (χ4n) is 3.45. The van der Waals surface area contributed by atoms with E-state index in [1.165, 1.54) is 12.1 Å². The number of nitrogens with one attached hydrogen (secondary N) is 1. The summed E-state index contributed by atoms with van der Waals surface area (Å²) in [6.45, 7) is 2.53. The van der Waals surface area contributed by atoms with Crippen molar-refractivity contribution < 1.29 is 27.7 Å². The van der Waals surface area contributed by atoms with Gasteiger partial charge < -0.3 is 9.30 Å². The van der Waals surface area contributed by atoms with E-state index >= 15 is 0 Å². The van der Waals surface area contributed by atoms with Gasteiger partial charge in [-0.25, -0.2) is 8.42 Å². The van der Waals surface area contributed by atoms with Gasteiger partial charge in [-0.3, -0.25) is 19.7 Å². The fraction of sp³-hybridized carbons (Fsp3) is 0.400. The molecule has 1 aromatic carbocycles. The lowest BCUT2D eigenvalue weighted by molar-refractivity contribution is -0.387. The van der Waals surface area contributed by atoms with E-state index < -0.39 is 34.1 Å². The average Bonchev–Trinajstić information content (AvgIpc) is 3.54. The van der Waals surface area contributed by atoms with Crippen molar-refractivity contribution in [2.75, 3.05) is 19.4 Å². The highest BCUT2D eigenvalue weighted by molar-refractivity contribution is 7.98. The first-order valence-corrected chi connectivity index (χ1v) is 12.4. The predicted molar refractivity (Wildman–Crippen MR) is 118 cm³/mol. The Morgan fingerprint density at radius 3 is 2.56 bits per heavy atom. The molecule has 12 heteroatoms. The van der Waals surface area contributed by atoms with Crippen molar-refractivity contribution in [3.63, 3.8) is 0 Å². The Hall–Kier alpha value is -2.70. The standard InChI is InChI=1S/C20H23N3O7S2/c1-12-8-16(13(2)22(12)14-4-5-14)18(24)11-30-20(25)10-21-32(28,29)15-6-7-19(31-3)17(9-15)23(26)27/h6-9,14,21H,4-5,10-11H2,1-3H3. The third-order valence-electron chi connectivity index (χ3n) is 5.12. The van der Waals surface area contributed by atoms with Crippen molar-refractivity contribution in [3.05, 3.63) is 51.3 Å². The molecule has 0 bridgehead atoms. The molecule has 2 aromatic rings. The van der Waals surface area contributed by atoms with Crippen LogP contribution in [0.3, 0.4) is 0 Å². The van der Waals surface area contributed by atoms with Crippen LogP contribution >= 0.6 is 11.8 Å². The number of carbonyl (C=O) groups is 2. The van der Waals surface area contributed by atoms with Gasteiger partial charge in [-0.05, 0) is 51.1 Å². The van der Waals surface area contributed by atoms with Gasteiger partial charge in [0, 0.05) is 29.1 Å². The summed E-state index contributed by atoms with van der Waals surface area (Å²) in [6, 6.07) is 5.64. The monoisotopic (exact) mass is 481 g/mol. The van der Waals surface area contributed by atoms with Gasteiger partial charge in [0.25, 0.3) is 5.69 Å². The Balaban J connectivity index is 1.59. The summed E-state index contributed by atoms with van der Waals surface area (Å²) < 4.78 is 33.9. The van der Waals surface area contributed by atoms with Gasteiger partial charge in [-0.15, -0.1) is 11.8 Å². The van der Waals surface area contributed by atoms with Gasteiger partial charge >= 0.3 is 5.97 Å². The molecular weight excluding hydrogens is 458 g/mol. The van der Waals surface area contributed by atoms with Crippen molar-refractivity contribution in [2.24, 2.45) is 0 Å². The molecule has 10 nitrogen and oxygen atoms in total. The van der Waals surface area contributed by atoms with E-state index in [1.54, 1.807) is 12.3 Å². The van der Waals surface area contributed by atoms with E-state index in [0.29, 0.717) is 16.5 Å².